The summed E-state index contributed by atoms with van der Waals surface area (Å²) >= 11 is 0. The van der Waals surface area contributed by atoms with E-state index in [1.54, 1.807) is 7.05 Å². The maximum atomic E-state index is 13.4. The fourth-order valence-electron chi connectivity index (χ4n) is 3.60. The number of rotatable bonds is 4. The number of guanidine groups is 1. The Hall–Kier alpha value is -1.27. The zero-order valence-corrected chi connectivity index (χ0v) is 18.8. The fourth-order valence-corrected chi connectivity index (χ4v) is 3.60. The van der Waals surface area contributed by atoms with Gasteiger partial charge in [-0.15, -0.1) is 24.0 Å². The quantitative estimate of drug-likeness (QED) is 0.369. The van der Waals surface area contributed by atoms with Crippen LogP contribution in [0, 0.1) is 0 Å². The van der Waals surface area contributed by atoms with Crippen LogP contribution in [0.15, 0.2) is 23.2 Å². The van der Waals surface area contributed by atoms with Crippen LogP contribution in [0.2, 0.25) is 0 Å². The summed E-state index contributed by atoms with van der Waals surface area (Å²) in [6.45, 7) is 2.50. The molecule has 2 fully saturated rings. The van der Waals surface area contributed by atoms with Crippen LogP contribution < -0.4 is 10.1 Å². The van der Waals surface area contributed by atoms with Gasteiger partial charge in [-0.05, 0) is 30.5 Å². The summed E-state index contributed by atoms with van der Waals surface area (Å²) in [5.74, 6) is 0.725. The number of ether oxygens (including phenoxy) is 3. The summed E-state index contributed by atoms with van der Waals surface area (Å²) in [6, 6.07) is 3.97. The minimum Gasteiger partial charge on any atom is -0.497 e. The number of nitrogens with zero attached hydrogens (tertiary/aromatic N) is 2. The highest BCUT2D eigenvalue weighted by atomic mass is 127. The van der Waals surface area contributed by atoms with Gasteiger partial charge in [0.15, 0.2) is 5.96 Å². The molecule has 2 heterocycles. The van der Waals surface area contributed by atoms with Crippen LogP contribution >= 0.6 is 24.0 Å². The lowest BCUT2D eigenvalue weighted by Crippen LogP contribution is -2.53. The Morgan fingerprint density at radius 3 is 2.66 bits per heavy atom. The molecule has 2 atom stereocenters. The van der Waals surface area contributed by atoms with Crippen molar-refractivity contribution in [2.24, 2.45) is 4.99 Å². The van der Waals surface area contributed by atoms with E-state index in [0.717, 1.165) is 25.5 Å². The molecule has 29 heavy (non-hydrogen) atoms. The number of methoxy groups -OCH3 is 1. The van der Waals surface area contributed by atoms with Gasteiger partial charge in [-0.3, -0.25) is 4.99 Å². The Morgan fingerprint density at radius 1 is 1.28 bits per heavy atom. The van der Waals surface area contributed by atoms with E-state index < -0.39 is 11.7 Å². The van der Waals surface area contributed by atoms with Crippen molar-refractivity contribution in [3.8, 4) is 5.75 Å². The zero-order valence-electron chi connectivity index (χ0n) is 16.5. The van der Waals surface area contributed by atoms with Gasteiger partial charge in [0.2, 0.25) is 0 Å². The molecule has 2 aliphatic rings. The highest BCUT2D eigenvalue weighted by molar-refractivity contribution is 14.0. The summed E-state index contributed by atoms with van der Waals surface area (Å²) in [6.07, 6.45) is -2.46. The molecule has 0 radical (unpaired) electrons. The first-order valence-electron chi connectivity index (χ1n) is 9.35. The summed E-state index contributed by atoms with van der Waals surface area (Å²) in [5, 5.41) is 3.06. The predicted octanol–water partition coefficient (Wildman–Crippen LogP) is 3.29. The third-order valence-corrected chi connectivity index (χ3v) is 5.04. The van der Waals surface area contributed by atoms with Crippen molar-refractivity contribution in [2.75, 3.05) is 40.5 Å². The number of hydrogen-bond acceptors (Lipinski definition) is 4. The minimum atomic E-state index is -4.46. The second-order valence-electron chi connectivity index (χ2n) is 6.83. The van der Waals surface area contributed by atoms with Gasteiger partial charge in [0.1, 0.15) is 11.9 Å². The summed E-state index contributed by atoms with van der Waals surface area (Å²) in [7, 11) is 2.97. The number of halogens is 4. The molecule has 2 saturated heterocycles. The lowest BCUT2D eigenvalue weighted by atomic mass is 10.1. The summed E-state index contributed by atoms with van der Waals surface area (Å²) in [4.78, 5) is 6.25. The first kappa shape index (κ1) is 24.0. The standard InChI is InChI=1S/C19H26F3N3O3.HI/c1-23-18(25-7-9-28-17(12-25)16-4-3-8-27-16)24-11-13-5-6-14(26-2)10-15(13)19(20,21)22;/h5-6,10,16-17H,3-4,7-9,11-12H2,1-2H3,(H,23,24);1H. The number of benzene rings is 1. The lowest BCUT2D eigenvalue weighted by molar-refractivity contribution is -0.138. The molecule has 0 aromatic heterocycles. The fraction of sp³-hybridized carbons (Fsp3) is 0.632. The van der Waals surface area contributed by atoms with E-state index in [-0.39, 0.29) is 54.0 Å². The predicted molar refractivity (Wildman–Crippen MR) is 114 cm³/mol. The molecule has 10 heteroatoms. The van der Waals surface area contributed by atoms with Gasteiger partial charge in [0.25, 0.3) is 0 Å². The van der Waals surface area contributed by atoms with Crippen LogP contribution in [-0.4, -0.2) is 63.5 Å². The molecule has 2 aliphatic heterocycles. The largest absolute Gasteiger partial charge is 0.497 e. The molecule has 0 saturated carbocycles. The van der Waals surface area contributed by atoms with Crippen molar-refractivity contribution >= 4 is 29.9 Å². The molecule has 0 spiro atoms. The molecule has 0 bridgehead atoms. The van der Waals surface area contributed by atoms with Gasteiger partial charge in [-0.2, -0.15) is 13.2 Å². The van der Waals surface area contributed by atoms with E-state index in [1.165, 1.54) is 19.2 Å². The highest BCUT2D eigenvalue weighted by Crippen LogP contribution is 2.34. The lowest BCUT2D eigenvalue weighted by Gasteiger charge is -2.37. The van der Waals surface area contributed by atoms with E-state index in [4.69, 9.17) is 14.2 Å². The van der Waals surface area contributed by atoms with Crippen LogP contribution in [0.25, 0.3) is 0 Å². The van der Waals surface area contributed by atoms with E-state index in [2.05, 4.69) is 10.3 Å². The van der Waals surface area contributed by atoms with Crippen LogP contribution in [0.3, 0.4) is 0 Å². The van der Waals surface area contributed by atoms with Crippen molar-refractivity contribution in [1.29, 1.82) is 0 Å². The number of hydrogen-bond donors (Lipinski definition) is 1. The SMILES string of the molecule is CN=C(NCc1ccc(OC)cc1C(F)(F)F)N1CCOC(C2CCCO2)C1.I. The van der Waals surface area contributed by atoms with Gasteiger partial charge >= 0.3 is 6.18 Å². The summed E-state index contributed by atoms with van der Waals surface area (Å²) < 4.78 is 56.7. The molecule has 0 amide bonds. The van der Waals surface area contributed by atoms with Crippen molar-refractivity contribution in [3.05, 3.63) is 29.3 Å². The van der Waals surface area contributed by atoms with E-state index in [0.29, 0.717) is 25.7 Å². The molecule has 164 valence electrons. The third kappa shape index (κ3) is 6.11. The molecule has 0 aliphatic carbocycles. The molecular weight excluding hydrogens is 502 g/mol. The van der Waals surface area contributed by atoms with Crippen molar-refractivity contribution in [2.45, 2.75) is 37.8 Å². The maximum Gasteiger partial charge on any atom is 0.416 e. The van der Waals surface area contributed by atoms with Gasteiger partial charge in [0.05, 0.1) is 25.4 Å². The van der Waals surface area contributed by atoms with Crippen molar-refractivity contribution in [3.63, 3.8) is 0 Å². The van der Waals surface area contributed by atoms with Gasteiger partial charge in [-0.1, -0.05) is 6.07 Å². The zero-order chi connectivity index (χ0) is 20.1. The molecule has 3 rings (SSSR count). The van der Waals surface area contributed by atoms with Crippen molar-refractivity contribution < 1.29 is 27.4 Å². The van der Waals surface area contributed by atoms with E-state index in [1.807, 2.05) is 4.90 Å². The molecular formula is C19H27F3IN3O3. The average molecular weight is 529 g/mol. The normalized spacial score (nSPS) is 22.9. The van der Waals surface area contributed by atoms with Gasteiger partial charge in [0, 0.05) is 33.3 Å². The monoisotopic (exact) mass is 529 g/mol. The average Bonchev–Trinajstić information content (AvgIpc) is 3.23. The molecule has 2 unspecified atom stereocenters. The minimum absolute atomic E-state index is 0. The Morgan fingerprint density at radius 2 is 2.03 bits per heavy atom. The van der Waals surface area contributed by atoms with Crippen LogP contribution in [-0.2, 0) is 22.2 Å². The highest BCUT2D eigenvalue weighted by Gasteiger charge is 2.35. The molecule has 6 nitrogen and oxygen atoms in total. The van der Waals surface area contributed by atoms with Gasteiger partial charge < -0.3 is 24.4 Å². The first-order chi connectivity index (χ1) is 13.4. The topological polar surface area (TPSA) is 55.3 Å². The van der Waals surface area contributed by atoms with E-state index in [9.17, 15) is 13.2 Å². The second-order valence-corrected chi connectivity index (χ2v) is 6.83. The first-order valence-corrected chi connectivity index (χ1v) is 9.35. The van der Waals surface area contributed by atoms with Crippen LogP contribution in [0.1, 0.15) is 24.0 Å². The van der Waals surface area contributed by atoms with Gasteiger partial charge in [-0.25, -0.2) is 0 Å². The Labute approximate surface area is 185 Å². The van der Waals surface area contributed by atoms with Crippen LogP contribution in [0.4, 0.5) is 13.2 Å². The smallest absolute Gasteiger partial charge is 0.416 e. The Bertz CT molecular complexity index is 697. The number of morpholine rings is 1. The Kier molecular flexibility index (Phi) is 8.83. The molecule has 1 aromatic rings. The van der Waals surface area contributed by atoms with Crippen molar-refractivity contribution in [1.82, 2.24) is 10.2 Å². The van der Waals surface area contributed by atoms with Crippen LogP contribution in [0.5, 0.6) is 5.75 Å². The Balaban J connectivity index is 0.00000300. The maximum absolute atomic E-state index is 13.4. The number of alkyl halides is 3. The number of nitrogens with one attached hydrogen (secondary N) is 1. The molecule has 1 N–H and O–H groups in total. The molecule has 1 aromatic carbocycles. The third-order valence-electron chi connectivity index (χ3n) is 5.04. The van der Waals surface area contributed by atoms with E-state index >= 15 is 0 Å². The second kappa shape index (κ2) is 10.7. The number of aliphatic imine (C=N–C) groups is 1. The summed E-state index contributed by atoms with van der Waals surface area (Å²) in [5.41, 5.74) is -0.576.